The summed E-state index contributed by atoms with van der Waals surface area (Å²) in [5, 5.41) is 5.61. The quantitative estimate of drug-likeness (QED) is 0.630. The smallest absolute Gasteiger partial charge is 0.407 e. The molecule has 15 heavy (non-hydrogen) atoms. The van der Waals surface area contributed by atoms with Gasteiger partial charge in [-0.3, -0.25) is 4.79 Å². The first-order valence-electron chi connectivity index (χ1n) is 4.99. The molecular weight excluding hydrogens is 198 g/mol. The van der Waals surface area contributed by atoms with E-state index in [1.54, 1.807) is 11.8 Å². The third kappa shape index (κ3) is 3.39. The normalized spacial score (nSPS) is 18.1. The Balaban J connectivity index is 2.40. The fourth-order valence-electron chi connectivity index (χ4n) is 1.46. The fourth-order valence-corrected chi connectivity index (χ4v) is 1.46. The predicted molar refractivity (Wildman–Crippen MR) is 54.5 cm³/mol. The highest BCUT2D eigenvalue weighted by molar-refractivity contribution is 5.85. The molecule has 1 fully saturated rings. The summed E-state index contributed by atoms with van der Waals surface area (Å²) in [6, 6.07) is -0.532. The van der Waals surface area contributed by atoms with E-state index in [2.05, 4.69) is 15.4 Å². The van der Waals surface area contributed by atoms with Crippen LogP contribution in [-0.4, -0.2) is 56.2 Å². The molecule has 86 valence electrons. The minimum Gasteiger partial charge on any atom is -0.453 e. The van der Waals surface area contributed by atoms with Crippen LogP contribution in [0.25, 0.3) is 0 Å². The zero-order chi connectivity index (χ0) is 11.3. The lowest BCUT2D eigenvalue weighted by Crippen LogP contribution is -2.53. The lowest BCUT2D eigenvalue weighted by molar-refractivity contribution is -0.133. The molecule has 0 bridgehead atoms. The van der Waals surface area contributed by atoms with E-state index in [4.69, 9.17) is 0 Å². The van der Waals surface area contributed by atoms with E-state index >= 15 is 0 Å². The number of hydrogen-bond donors (Lipinski definition) is 2. The van der Waals surface area contributed by atoms with Gasteiger partial charge in [0.15, 0.2) is 0 Å². The maximum Gasteiger partial charge on any atom is 0.407 e. The summed E-state index contributed by atoms with van der Waals surface area (Å²) in [6.07, 6.45) is -0.578. The Morgan fingerprint density at radius 3 is 2.53 bits per heavy atom. The lowest BCUT2D eigenvalue weighted by Gasteiger charge is -2.29. The largest absolute Gasteiger partial charge is 0.453 e. The molecule has 0 aromatic rings. The van der Waals surface area contributed by atoms with Gasteiger partial charge < -0.3 is 20.3 Å². The molecule has 1 aliphatic rings. The van der Waals surface area contributed by atoms with Crippen molar-refractivity contribution in [1.82, 2.24) is 15.5 Å². The number of ether oxygens (including phenoxy) is 1. The molecule has 0 aromatic carbocycles. The number of nitrogens with zero attached hydrogens (tertiary/aromatic N) is 1. The summed E-state index contributed by atoms with van der Waals surface area (Å²) in [7, 11) is 1.28. The SMILES string of the molecule is COC(=O)NC(C)C(=O)N1CCNCC1. The van der Waals surface area contributed by atoms with Crippen molar-refractivity contribution in [2.75, 3.05) is 33.3 Å². The first-order chi connectivity index (χ1) is 7.15. The van der Waals surface area contributed by atoms with Crippen LogP contribution in [0.4, 0.5) is 4.79 Å². The average Bonchev–Trinajstić information content (AvgIpc) is 2.29. The number of piperazine rings is 1. The molecule has 1 atom stereocenters. The Labute approximate surface area is 88.9 Å². The van der Waals surface area contributed by atoms with Crippen LogP contribution < -0.4 is 10.6 Å². The lowest BCUT2D eigenvalue weighted by atomic mass is 10.2. The van der Waals surface area contributed by atoms with E-state index in [1.807, 2.05) is 0 Å². The van der Waals surface area contributed by atoms with Crippen molar-refractivity contribution < 1.29 is 14.3 Å². The van der Waals surface area contributed by atoms with Crippen molar-refractivity contribution in [3.8, 4) is 0 Å². The second-order valence-electron chi connectivity index (χ2n) is 3.43. The van der Waals surface area contributed by atoms with Gasteiger partial charge in [0.25, 0.3) is 0 Å². The van der Waals surface area contributed by atoms with Gasteiger partial charge in [-0.2, -0.15) is 0 Å². The Bertz CT molecular complexity index is 239. The Morgan fingerprint density at radius 2 is 2.00 bits per heavy atom. The van der Waals surface area contributed by atoms with Crippen molar-refractivity contribution in [3.63, 3.8) is 0 Å². The zero-order valence-electron chi connectivity index (χ0n) is 9.08. The van der Waals surface area contributed by atoms with Crippen molar-refractivity contribution in [3.05, 3.63) is 0 Å². The molecule has 6 heteroatoms. The van der Waals surface area contributed by atoms with Crippen LogP contribution in [0.5, 0.6) is 0 Å². The number of hydrogen-bond acceptors (Lipinski definition) is 4. The van der Waals surface area contributed by atoms with Crippen LogP contribution in [-0.2, 0) is 9.53 Å². The standard InChI is InChI=1S/C9H17N3O3/c1-7(11-9(14)15-2)8(13)12-5-3-10-4-6-12/h7,10H,3-6H2,1-2H3,(H,11,14). The van der Waals surface area contributed by atoms with Crippen LogP contribution in [0.2, 0.25) is 0 Å². The molecule has 0 aromatic heterocycles. The van der Waals surface area contributed by atoms with E-state index in [-0.39, 0.29) is 5.91 Å². The van der Waals surface area contributed by atoms with Crippen LogP contribution in [0, 0.1) is 0 Å². The second kappa shape index (κ2) is 5.55. The number of carbonyl (C=O) groups excluding carboxylic acids is 2. The third-order valence-electron chi connectivity index (χ3n) is 2.32. The molecule has 1 heterocycles. The molecule has 0 saturated carbocycles. The van der Waals surface area contributed by atoms with Gasteiger partial charge in [-0.1, -0.05) is 0 Å². The highest BCUT2D eigenvalue weighted by Crippen LogP contribution is 1.97. The van der Waals surface area contributed by atoms with E-state index in [9.17, 15) is 9.59 Å². The van der Waals surface area contributed by atoms with Gasteiger partial charge >= 0.3 is 6.09 Å². The van der Waals surface area contributed by atoms with Gasteiger partial charge in [-0.15, -0.1) is 0 Å². The van der Waals surface area contributed by atoms with Gasteiger partial charge in [0.1, 0.15) is 6.04 Å². The van der Waals surface area contributed by atoms with Gasteiger partial charge in [0, 0.05) is 26.2 Å². The third-order valence-corrected chi connectivity index (χ3v) is 2.32. The molecule has 1 rings (SSSR count). The Morgan fingerprint density at radius 1 is 1.40 bits per heavy atom. The molecule has 6 nitrogen and oxygen atoms in total. The average molecular weight is 215 g/mol. The highest BCUT2D eigenvalue weighted by Gasteiger charge is 2.23. The topological polar surface area (TPSA) is 70.7 Å². The van der Waals surface area contributed by atoms with Gasteiger partial charge in [0.2, 0.25) is 5.91 Å². The fraction of sp³-hybridized carbons (Fsp3) is 0.778. The van der Waals surface area contributed by atoms with E-state index < -0.39 is 12.1 Å². The Kier molecular flexibility index (Phi) is 4.36. The van der Waals surface area contributed by atoms with E-state index in [1.165, 1.54) is 7.11 Å². The summed E-state index contributed by atoms with van der Waals surface area (Å²) >= 11 is 0. The number of carbonyl (C=O) groups is 2. The number of nitrogens with one attached hydrogen (secondary N) is 2. The van der Waals surface area contributed by atoms with Crippen LogP contribution in [0.3, 0.4) is 0 Å². The number of methoxy groups -OCH3 is 1. The van der Waals surface area contributed by atoms with Gasteiger partial charge in [0.05, 0.1) is 7.11 Å². The molecule has 1 unspecified atom stereocenters. The summed E-state index contributed by atoms with van der Waals surface area (Å²) in [4.78, 5) is 24.4. The minimum atomic E-state index is -0.578. The second-order valence-corrected chi connectivity index (χ2v) is 3.43. The molecule has 2 amide bonds. The van der Waals surface area contributed by atoms with E-state index in [0.29, 0.717) is 13.1 Å². The summed E-state index contributed by atoms with van der Waals surface area (Å²) in [5.74, 6) is -0.0677. The molecular formula is C9H17N3O3. The maximum absolute atomic E-state index is 11.8. The summed E-state index contributed by atoms with van der Waals surface area (Å²) in [6.45, 7) is 4.63. The van der Waals surface area contributed by atoms with Crippen molar-refractivity contribution in [2.24, 2.45) is 0 Å². The van der Waals surface area contributed by atoms with Crippen molar-refractivity contribution >= 4 is 12.0 Å². The molecule has 2 N–H and O–H groups in total. The predicted octanol–water partition coefficient (Wildman–Crippen LogP) is -0.837. The summed E-state index contributed by atoms with van der Waals surface area (Å²) in [5.41, 5.74) is 0. The molecule has 1 saturated heterocycles. The van der Waals surface area contributed by atoms with E-state index in [0.717, 1.165) is 13.1 Å². The van der Waals surface area contributed by atoms with Crippen molar-refractivity contribution in [1.29, 1.82) is 0 Å². The number of alkyl carbamates (subject to hydrolysis) is 1. The Hall–Kier alpha value is -1.30. The number of amides is 2. The molecule has 0 spiro atoms. The summed E-state index contributed by atoms with van der Waals surface area (Å²) < 4.78 is 4.43. The van der Waals surface area contributed by atoms with Gasteiger partial charge in [-0.25, -0.2) is 4.79 Å². The first kappa shape index (κ1) is 11.8. The van der Waals surface area contributed by atoms with Gasteiger partial charge in [-0.05, 0) is 6.92 Å². The van der Waals surface area contributed by atoms with Crippen molar-refractivity contribution in [2.45, 2.75) is 13.0 Å². The molecule has 1 aliphatic heterocycles. The highest BCUT2D eigenvalue weighted by atomic mass is 16.5. The monoisotopic (exact) mass is 215 g/mol. The van der Waals surface area contributed by atoms with Crippen LogP contribution in [0.15, 0.2) is 0 Å². The molecule has 0 aliphatic carbocycles. The first-order valence-corrected chi connectivity index (χ1v) is 4.99. The maximum atomic E-state index is 11.8. The number of rotatable bonds is 2. The van der Waals surface area contributed by atoms with Crippen LogP contribution in [0.1, 0.15) is 6.92 Å². The van der Waals surface area contributed by atoms with Crippen LogP contribution >= 0.6 is 0 Å². The zero-order valence-corrected chi connectivity index (χ0v) is 9.08. The molecule has 0 radical (unpaired) electrons. The minimum absolute atomic E-state index is 0.0677.